The monoisotopic (exact) mass is 340 g/mol. The van der Waals surface area contributed by atoms with Crippen LogP contribution in [0.25, 0.3) is 11.1 Å². The van der Waals surface area contributed by atoms with Crippen LogP contribution in [0, 0.1) is 5.82 Å². The molecule has 0 bridgehead atoms. The van der Waals surface area contributed by atoms with Gasteiger partial charge in [0, 0.05) is 17.2 Å². The highest BCUT2D eigenvalue weighted by atomic mass is 35.5. The minimum absolute atomic E-state index is 0.107. The topological polar surface area (TPSA) is 9.23 Å². The van der Waals surface area contributed by atoms with Crippen LogP contribution in [0.15, 0.2) is 30.3 Å². The van der Waals surface area contributed by atoms with E-state index >= 15 is 0 Å². The van der Waals surface area contributed by atoms with Gasteiger partial charge in [-0.15, -0.1) is 0 Å². The summed E-state index contributed by atoms with van der Waals surface area (Å²) in [6, 6.07) is 6.12. The van der Waals surface area contributed by atoms with Crippen molar-refractivity contribution in [2.45, 2.75) is 6.61 Å². The minimum atomic E-state index is -3.02. The van der Waals surface area contributed by atoms with Gasteiger partial charge in [-0.25, -0.2) is 4.39 Å². The molecule has 0 radical (unpaired) electrons. The minimum Gasteiger partial charge on any atom is -0.435 e. The standard InChI is InChI=1S/C13H6Cl3F3O/c14-9-5-11(16)10(15)4-8(9)7-2-1-6(3-12(7)17)20-13(18)19/h1-5,13H. The zero-order valence-corrected chi connectivity index (χ0v) is 11.9. The number of alkyl halides is 2. The highest BCUT2D eigenvalue weighted by Crippen LogP contribution is 2.37. The van der Waals surface area contributed by atoms with Crippen molar-refractivity contribution in [1.29, 1.82) is 0 Å². The first-order chi connectivity index (χ1) is 9.38. The van der Waals surface area contributed by atoms with Gasteiger partial charge >= 0.3 is 6.61 Å². The molecule has 2 aromatic rings. The lowest BCUT2D eigenvalue weighted by atomic mass is 10.0. The van der Waals surface area contributed by atoms with Gasteiger partial charge in [-0.2, -0.15) is 8.78 Å². The predicted molar refractivity (Wildman–Crippen MR) is 73.5 cm³/mol. The molecule has 0 aromatic heterocycles. The van der Waals surface area contributed by atoms with E-state index in [1.165, 1.54) is 24.3 Å². The zero-order chi connectivity index (χ0) is 14.9. The number of benzene rings is 2. The van der Waals surface area contributed by atoms with Crippen LogP contribution in [0.1, 0.15) is 0 Å². The van der Waals surface area contributed by atoms with Gasteiger partial charge in [-0.05, 0) is 24.3 Å². The lowest BCUT2D eigenvalue weighted by molar-refractivity contribution is -0.0499. The molecule has 0 amide bonds. The summed E-state index contributed by atoms with van der Waals surface area (Å²) in [6.07, 6.45) is 0. The summed E-state index contributed by atoms with van der Waals surface area (Å²) in [4.78, 5) is 0. The van der Waals surface area contributed by atoms with Gasteiger partial charge in [0.1, 0.15) is 11.6 Å². The van der Waals surface area contributed by atoms with Crippen LogP contribution in [-0.4, -0.2) is 6.61 Å². The van der Waals surface area contributed by atoms with Crippen LogP contribution in [0.4, 0.5) is 13.2 Å². The second kappa shape index (κ2) is 6.12. The fourth-order valence-electron chi connectivity index (χ4n) is 1.62. The third kappa shape index (κ3) is 3.32. The van der Waals surface area contributed by atoms with E-state index in [4.69, 9.17) is 34.8 Å². The molecule has 0 unspecified atom stereocenters. The summed E-state index contributed by atoms with van der Waals surface area (Å²) >= 11 is 17.6. The van der Waals surface area contributed by atoms with Crippen LogP contribution in [-0.2, 0) is 0 Å². The van der Waals surface area contributed by atoms with Crippen LogP contribution in [0.5, 0.6) is 5.75 Å². The van der Waals surface area contributed by atoms with E-state index in [0.717, 1.165) is 6.07 Å². The van der Waals surface area contributed by atoms with Crippen molar-refractivity contribution in [3.63, 3.8) is 0 Å². The molecular weight excluding hydrogens is 335 g/mol. The maximum atomic E-state index is 13.9. The molecule has 2 rings (SSSR count). The molecule has 20 heavy (non-hydrogen) atoms. The zero-order valence-electron chi connectivity index (χ0n) is 9.64. The molecule has 0 saturated carbocycles. The highest BCUT2D eigenvalue weighted by Gasteiger charge is 2.14. The van der Waals surface area contributed by atoms with Crippen LogP contribution >= 0.6 is 34.8 Å². The summed E-state index contributed by atoms with van der Waals surface area (Å²) in [5.41, 5.74) is 0.414. The Morgan fingerprint density at radius 1 is 0.850 bits per heavy atom. The molecule has 2 aromatic carbocycles. The SMILES string of the molecule is Fc1cc(OC(F)F)ccc1-c1cc(Cl)c(Cl)cc1Cl. The molecule has 0 heterocycles. The van der Waals surface area contributed by atoms with Crippen molar-refractivity contribution < 1.29 is 17.9 Å². The van der Waals surface area contributed by atoms with E-state index in [9.17, 15) is 13.2 Å². The Labute approximate surface area is 127 Å². The van der Waals surface area contributed by atoms with Crippen molar-refractivity contribution in [3.05, 3.63) is 51.2 Å². The lowest BCUT2D eigenvalue weighted by Crippen LogP contribution is -2.02. The lowest BCUT2D eigenvalue weighted by Gasteiger charge is -2.10. The van der Waals surface area contributed by atoms with Gasteiger partial charge in [0.05, 0.1) is 15.1 Å². The Bertz CT molecular complexity index is 647. The van der Waals surface area contributed by atoms with Gasteiger partial charge in [0.15, 0.2) is 0 Å². The maximum absolute atomic E-state index is 13.9. The summed E-state index contributed by atoms with van der Waals surface area (Å²) < 4.78 is 42.1. The molecule has 7 heteroatoms. The van der Waals surface area contributed by atoms with E-state index in [0.29, 0.717) is 5.56 Å². The Balaban J connectivity index is 2.46. The number of ether oxygens (including phenoxy) is 1. The molecule has 0 aliphatic carbocycles. The first kappa shape index (κ1) is 15.3. The Morgan fingerprint density at radius 3 is 2.10 bits per heavy atom. The van der Waals surface area contributed by atoms with Gasteiger partial charge < -0.3 is 4.74 Å². The molecule has 0 atom stereocenters. The molecule has 0 fully saturated rings. The Kier molecular flexibility index (Phi) is 4.68. The summed E-state index contributed by atoms with van der Waals surface area (Å²) in [5.74, 6) is -1.04. The first-order valence-electron chi connectivity index (χ1n) is 5.27. The summed E-state index contributed by atoms with van der Waals surface area (Å²) in [5, 5.41) is 0.637. The second-order valence-electron chi connectivity index (χ2n) is 3.77. The largest absolute Gasteiger partial charge is 0.435 e. The van der Waals surface area contributed by atoms with E-state index in [2.05, 4.69) is 4.74 Å². The van der Waals surface area contributed by atoms with E-state index < -0.39 is 12.4 Å². The van der Waals surface area contributed by atoms with E-state index in [1.807, 2.05) is 0 Å². The molecule has 0 saturated heterocycles. The van der Waals surface area contributed by atoms with Crippen molar-refractivity contribution in [2.24, 2.45) is 0 Å². The van der Waals surface area contributed by atoms with Crippen LogP contribution in [0.3, 0.4) is 0 Å². The molecule has 0 aliphatic heterocycles. The van der Waals surface area contributed by atoms with Gasteiger partial charge in [0.2, 0.25) is 0 Å². The summed E-state index contributed by atoms with van der Waals surface area (Å²) in [6.45, 7) is -3.02. The number of hydrogen-bond acceptors (Lipinski definition) is 1. The molecule has 0 aliphatic rings. The van der Waals surface area contributed by atoms with Gasteiger partial charge in [0.25, 0.3) is 0 Å². The van der Waals surface area contributed by atoms with Gasteiger partial charge in [-0.3, -0.25) is 0 Å². The van der Waals surface area contributed by atoms with Crippen molar-refractivity contribution in [2.75, 3.05) is 0 Å². The van der Waals surface area contributed by atoms with Gasteiger partial charge in [-0.1, -0.05) is 34.8 Å². The normalized spacial score (nSPS) is 10.9. The summed E-state index contributed by atoms with van der Waals surface area (Å²) in [7, 11) is 0. The quantitative estimate of drug-likeness (QED) is 0.617. The van der Waals surface area contributed by atoms with Crippen molar-refractivity contribution in [1.82, 2.24) is 0 Å². The second-order valence-corrected chi connectivity index (χ2v) is 4.99. The van der Waals surface area contributed by atoms with Crippen molar-refractivity contribution >= 4 is 34.8 Å². The molecule has 1 nitrogen and oxygen atoms in total. The smallest absolute Gasteiger partial charge is 0.387 e. The Hall–Kier alpha value is -1.10. The van der Waals surface area contributed by atoms with Crippen LogP contribution in [0.2, 0.25) is 15.1 Å². The molecule has 0 N–H and O–H groups in total. The molecular formula is C13H6Cl3F3O. The van der Waals surface area contributed by atoms with Crippen LogP contribution < -0.4 is 4.74 Å². The number of halogens is 6. The number of hydrogen-bond donors (Lipinski definition) is 0. The fourth-order valence-corrected chi connectivity index (χ4v) is 2.27. The third-order valence-corrected chi connectivity index (χ3v) is 3.50. The van der Waals surface area contributed by atoms with E-state index in [1.54, 1.807) is 0 Å². The highest BCUT2D eigenvalue weighted by molar-refractivity contribution is 6.44. The molecule has 0 spiro atoms. The number of rotatable bonds is 3. The van der Waals surface area contributed by atoms with Crippen molar-refractivity contribution in [3.8, 4) is 16.9 Å². The molecule has 106 valence electrons. The average molecular weight is 342 g/mol. The third-order valence-electron chi connectivity index (χ3n) is 2.47. The first-order valence-corrected chi connectivity index (χ1v) is 6.41. The fraction of sp³-hybridized carbons (Fsp3) is 0.0769. The maximum Gasteiger partial charge on any atom is 0.387 e. The Morgan fingerprint density at radius 2 is 1.50 bits per heavy atom. The average Bonchev–Trinajstić information content (AvgIpc) is 2.34. The van der Waals surface area contributed by atoms with E-state index in [-0.39, 0.29) is 26.4 Å². The predicted octanol–water partition coefficient (Wildman–Crippen LogP) is 6.05.